The van der Waals surface area contributed by atoms with E-state index in [9.17, 15) is 27.2 Å². The summed E-state index contributed by atoms with van der Waals surface area (Å²) in [6.07, 6.45) is -1.21. The predicted molar refractivity (Wildman–Crippen MR) is 126 cm³/mol. The first-order valence-corrected chi connectivity index (χ1v) is 10.8. The van der Waals surface area contributed by atoms with Gasteiger partial charge >= 0.3 is 12.2 Å². The van der Waals surface area contributed by atoms with Gasteiger partial charge in [0.05, 0.1) is 22.5 Å². The van der Waals surface area contributed by atoms with E-state index in [0.29, 0.717) is 16.6 Å². The molecule has 35 heavy (non-hydrogen) atoms. The lowest BCUT2D eigenvalue weighted by molar-refractivity contribution is -0.137. The number of nitrogens with one attached hydrogen (secondary N) is 1. The van der Waals surface area contributed by atoms with E-state index in [2.05, 4.69) is 10.3 Å². The molecule has 1 aliphatic rings. The smallest absolute Gasteiger partial charge is 0.318 e. The monoisotopic (exact) mass is 486 g/mol. The van der Waals surface area contributed by atoms with Crippen molar-refractivity contribution in [2.75, 3.05) is 12.4 Å². The number of hydrogen-bond donors (Lipinski definition) is 1. The fourth-order valence-corrected chi connectivity index (χ4v) is 3.76. The molecule has 6 nitrogen and oxygen atoms in total. The number of urea groups is 1. The highest BCUT2D eigenvalue weighted by molar-refractivity contribution is 5.89. The van der Waals surface area contributed by atoms with E-state index in [0.717, 1.165) is 12.1 Å². The van der Waals surface area contributed by atoms with E-state index in [-0.39, 0.29) is 23.5 Å². The second-order valence-electron chi connectivity index (χ2n) is 8.16. The number of rotatable bonds is 4. The van der Waals surface area contributed by atoms with Crippen molar-refractivity contribution in [3.63, 3.8) is 0 Å². The number of fused-ring (bicyclic) bond motifs is 1. The standard InChI is InChI=1S/C25H22F4N4O2/c1-15(32(2)24(35)30-18-7-5-6-16(14-18)25(27,28)29)22-31-21-9-4-3-8-20(21)23(34)33(22)19-12-10-17(26)11-13-19/h3-10,12-15,17H,11H2,1-2H3,(H,30,35). The zero-order valence-corrected chi connectivity index (χ0v) is 18.9. The number of anilines is 1. The average molecular weight is 486 g/mol. The molecule has 2 aromatic carbocycles. The maximum atomic E-state index is 13.7. The van der Waals surface area contributed by atoms with Crippen LogP contribution in [0.15, 0.2) is 71.6 Å². The van der Waals surface area contributed by atoms with Gasteiger partial charge in [-0.25, -0.2) is 14.2 Å². The lowest BCUT2D eigenvalue weighted by Gasteiger charge is -2.28. The van der Waals surface area contributed by atoms with Crippen LogP contribution in [0.3, 0.4) is 0 Å². The molecule has 2 amide bonds. The van der Waals surface area contributed by atoms with Crippen LogP contribution in [0.4, 0.5) is 28.0 Å². The van der Waals surface area contributed by atoms with Crippen molar-refractivity contribution in [1.29, 1.82) is 0 Å². The topological polar surface area (TPSA) is 67.2 Å². The fourth-order valence-electron chi connectivity index (χ4n) is 3.76. The summed E-state index contributed by atoms with van der Waals surface area (Å²) in [6.45, 7) is 1.64. The largest absolute Gasteiger partial charge is 0.416 e. The normalized spacial score (nSPS) is 16.6. The number of halogens is 4. The maximum absolute atomic E-state index is 13.7. The molecule has 0 saturated carbocycles. The molecule has 1 N–H and O–H groups in total. The third kappa shape index (κ3) is 4.96. The maximum Gasteiger partial charge on any atom is 0.416 e. The summed E-state index contributed by atoms with van der Waals surface area (Å²) in [7, 11) is 1.45. The molecule has 0 radical (unpaired) electrons. The second-order valence-corrected chi connectivity index (χ2v) is 8.16. The number of alkyl halides is 4. The van der Waals surface area contributed by atoms with Crippen LogP contribution in [-0.2, 0) is 6.18 Å². The Morgan fingerprint density at radius 1 is 1.20 bits per heavy atom. The lowest BCUT2D eigenvalue weighted by atomic mass is 10.1. The van der Waals surface area contributed by atoms with E-state index < -0.39 is 30.0 Å². The molecule has 10 heteroatoms. The Hall–Kier alpha value is -3.95. The minimum atomic E-state index is -4.55. The minimum absolute atomic E-state index is 0.0281. The highest BCUT2D eigenvalue weighted by Gasteiger charge is 2.31. The lowest BCUT2D eigenvalue weighted by Crippen LogP contribution is -2.37. The molecule has 1 heterocycles. The molecule has 0 fully saturated rings. The molecule has 0 saturated heterocycles. The number of carbonyl (C=O) groups excluding carboxylic acids is 1. The highest BCUT2D eigenvalue weighted by atomic mass is 19.4. The van der Waals surface area contributed by atoms with E-state index >= 15 is 0 Å². The molecule has 0 bridgehead atoms. The predicted octanol–water partition coefficient (Wildman–Crippen LogP) is 5.78. The van der Waals surface area contributed by atoms with Gasteiger partial charge in [-0.1, -0.05) is 24.3 Å². The van der Waals surface area contributed by atoms with Crippen LogP contribution in [0.5, 0.6) is 0 Å². The number of hydrogen-bond acceptors (Lipinski definition) is 3. The van der Waals surface area contributed by atoms with Crippen LogP contribution < -0.4 is 10.9 Å². The summed E-state index contributed by atoms with van der Waals surface area (Å²) < 4.78 is 54.1. The first-order chi connectivity index (χ1) is 16.6. The Balaban J connectivity index is 1.70. The summed E-state index contributed by atoms with van der Waals surface area (Å²) in [5.41, 5.74) is -0.447. The molecule has 2 atom stereocenters. The SMILES string of the molecule is CC(c1nc2ccccc2c(=O)n1C1=CCC(F)C=C1)N(C)C(=O)Nc1cccc(C(F)(F)F)c1. The highest BCUT2D eigenvalue weighted by Crippen LogP contribution is 2.31. The summed E-state index contributed by atoms with van der Waals surface area (Å²) in [5, 5.41) is 2.81. The Morgan fingerprint density at radius 3 is 2.63 bits per heavy atom. The van der Waals surface area contributed by atoms with E-state index in [1.165, 1.54) is 40.8 Å². The molecule has 4 rings (SSSR count). The molecule has 182 valence electrons. The Labute approximate surface area is 198 Å². The fraction of sp³-hybridized carbons (Fsp3) is 0.240. The van der Waals surface area contributed by atoms with Crippen molar-refractivity contribution in [2.24, 2.45) is 0 Å². The van der Waals surface area contributed by atoms with Crippen LogP contribution in [0.2, 0.25) is 0 Å². The summed E-state index contributed by atoms with van der Waals surface area (Å²) >= 11 is 0. The minimum Gasteiger partial charge on any atom is -0.318 e. The zero-order valence-electron chi connectivity index (χ0n) is 18.9. The van der Waals surface area contributed by atoms with Gasteiger partial charge in [0.15, 0.2) is 0 Å². The van der Waals surface area contributed by atoms with Crippen molar-refractivity contribution in [3.05, 3.63) is 88.5 Å². The average Bonchev–Trinajstić information content (AvgIpc) is 2.83. The van der Waals surface area contributed by atoms with Gasteiger partial charge in [0, 0.05) is 24.9 Å². The number of aromatic nitrogens is 2. The Kier molecular flexibility index (Phi) is 6.47. The second kappa shape index (κ2) is 9.36. The first-order valence-electron chi connectivity index (χ1n) is 10.8. The number of carbonyl (C=O) groups is 1. The van der Waals surface area contributed by atoms with Gasteiger partial charge in [0.1, 0.15) is 12.0 Å². The molecule has 3 aromatic rings. The van der Waals surface area contributed by atoms with Gasteiger partial charge in [0.2, 0.25) is 0 Å². The van der Waals surface area contributed by atoms with E-state index in [1.54, 1.807) is 37.3 Å². The number of benzene rings is 2. The number of amides is 2. The van der Waals surface area contributed by atoms with E-state index in [4.69, 9.17) is 0 Å². The van der Waals surface area contributed by atoms with Gasteiger partial charge in [-0.15, -0.1) is 0 Å². The Morgan fingerprint density at radius 2 is 1.94 bits per heavy atom. The number of nitrogens with zero attached hydrogens (tertiary/aromatic N) is 3. The van der Waals surface area contributed by atoms with Gasteiger partial charge < -0.3 is 10.2 Å². The van der Waals surface area contributed by atoms with Crippen LogP contribution in [0, 0.1) is 0 Å². The first kappa shape index (κ1) is 24.2. The van der Waals surface area contributed by atoms with Crippen LogP contribution in [0.25, 0.3) is 16.6 Å². The number of allylic oxidation sites excluding steroid dienone is 4. The quantitative estimate of drug-likeness (QED) is 0.476. The third-order valence-electron chi connectivity index (χ3n) is 5.80. The molecular weight excluding hydrogens is 464 g/mol. The van der Waals surface area contributed by atoms with Crippen molar-refractivity contribution < 1.29 is 22.4 Å². The Bertz CT molecular complexity index is 1390. The molecule has 0 spiro atoms. The van der Waals surface area contributed by atoms with Crippen molar-refractivity contribution in [3.8, 4) is 0 Å². The summed E-state index contributed by atoms with van der Waals surface area (Å²) in [5.74, 6) is 0.226. The molecule has 1 aliphatic carbocycles. The molecular formula is C25H22F4N4O2. The third-order valence-corrected chi connectivity index (χ3v) is 5.80. The van der Waals surface area contributed by atoms with Crippen LogP contribution in [0.1, 0.15) is 30.8 Å². The van der Waals surface area contributed by atoms with Gasteiger partial charge in [-0.05, 0) is 49.4 Å². The zero-order chi connectivity index (χ0) is 25.3. The van der Waals surface area contributed by atoms with Crippen molar-refractivity contribution in [1.82, 2.24) is 14.5 Å². The summed E-state index contributed by atoms with van der Waals surface area (Å²) in [4.78, 5) is 32.1. The molecule has 0 aliphatic heterocycles. The van der Waals surface area contributed by atoms with E-state index in [1.807, 2.05) is 0 Å². The molecule has 2 unspecified atom stereocenters. The van der Waals surface area contributed by atoms with Crippen molar-refractivity contribution in [2.45, 2.75) is 31.7 Å². The van der Waals surface area contributed by atoms with Crippen molar-refractivity contribution >= 4 is 28.3 Å². The molecule has 1 aromatic heterocycles. The van der Waals surface area contributed by atoms with Gasteiger partial charge in [-0.2, -0.15) is 13.2 Å². The number of para-hydroxylation sites is 1. The van der Waals surface area contributed by atoms with Gasteiger partial charge in [0.25, 0.3) is 5.56 Å². The summed E-state index contributed by atoms with van der Waals surface area (Å²) in [6, 6.07) is 9.57. The van der Waals surface area contributed by atoms with Crippen LogP contribution >= 0.6 is 0 Å². The van der Waals surface area contributed by atoms with Crippen LogP contribution in [-0.4, -0.2) is 33.7 Å². The van der Waals surface area contributed by atoms with Gasteiger partial charge in [-0.3, -0.25) is 9.36 Å².